The van der Waals surface area contributed by atoms with Gasteiger partial charge in [0.25, 0.3) is 0 Å². The molecule has 1 aromatic carbocycles. The third kappa shape index (κ3) is 5.86. The molecular weight excluding hydrogens is 471 g/mol. The zero-order valence-corrected chi connectivity index (χ0v) is 20.8. The SMILES string of the molecule is CC1(O)CN(C(=O)Cc2ccc(OCCC3CC3C3CCN(c4ncc(Cl)cn4)CC3)cc2F)C1. The molecule has 3 fully saturated rings. The van der Waals surface area contributed by atoms with Crippen LogP contribution in [0.25, 0.3) is 0 Å². The van der Waals surface area contributed by atoms with Crippen LogP contribution in [0.4, 0.5) is 10.3 Å². The smallest absolute Gasteiger partial charge is 0.227 e. The highest BCUT2D eigenvalue weighted by Gasteiger charge is 2.43. The topological polar surface area (TPSA) is 78.8 Å². The first-order chi connectivity index (χ1) is 16.8. The van der Waals surface area contributed by atoms with Crippen LogP contribution >= 0.6 is 11.6 Å². The van der Waals surface area contributed by atoms with E-state index in [1.807, 2.05) is 0 Å². The minimum Gasteiger partial charge on any atom is -0.493 e. The Hall–Kier alpha value is -2.45. The quantitative estimate of drug-likeness (QED) is 0.592. The van der Waals surface area contributed by atoms with Gasteiger partial charge in [-0.25, -0.2) is 14.4 Å². The lowest BCUT2D eigenvalue weighted by molar-refractivity contribution is -0.151. The molecule has 7 nitrogen and oxygen atoms in total. The van der Waals surface area contributed by atoms with E-state index in [4.69, 9.17) is 16.3 Å². The number of hydrogen-bond acceptors (Lipinski definition) is 6. The number of hydrogen-bond donors (Lipinski definition) is 1. The largest absolute Gasteiger partial charge is 0.493 e. The number of anilines is 1. The lowest BCUT2D eigenvalue weighted by Gasteiger charge is -2.44. The Bertz CT molecular complexity index is 1050. The summed E-state index contributed by atoms with van der Waals surface area (Å²) in [5.74, 6) is 2.81. The molecule has 2 aromatic rings. The van der Waals surface area contributed by atoms with Gasteiger partial charge in [0.1, 0.15) is 11.6 Å². The maximum absolute atomic E-state index is 14.5. The standard InChI is InChI=1S/C26H32ClFN4O3/c1-26(34)15-32(16-26)24(33)11-19-2-3-21(12-23(19)28)35-9-6-18-10-22(18)17-4-7-31(8-5-17)25-29-13-20(27)14-30-25/h2-3,12-14,17-18,22,34H,4-11,15-16H2,1H3. The van der Waals surface area contributed by atoms with Crippen LogP contribution in [0.5, 0.6) is 5.75 Å². The van der Waals surface area contributed by atoms with Gasteiger partial charge in [-0.1, -0.05) is 17.7 Å². The summed E-state index contributed by atoms with van der Waals surface area (Å²) >= 11 is 5.88. The molecule has 0 radical (unpaired) electrons. The molecule has 2 saturated heterocycles. The highest BCUT2D eigenvalue weighted by Crippen LogP contribution is 2.49. The highest BCUT2D eigenvalue weighted by molar-refractivity contribution is 6.30. The number of ether oxygens (including phenoxy) is 1. The fraction of sp³-hybridized carbons (Fsp3) is 0.577. The molecule has 0 spiro atoms. The molecule has 1 N–H and O–H groups in total. The van der Waals surface area contributed by atoms with Crippen molar-refractivity contribution < 1.29 is 19.0 Å². The Kier molecular flexibility index (Phi) is 6.86. The van der Waals surface area contributed by atoms with Gasteiger partial charge in [-0.3, -0.25) is 4.79 Å². The summed E-state index contributed by atoms with van der Waals surface area (Å²) in [6.07, 6.45) is 7.79. The van der Waals surface area contributed by atoms with Crippen molar-refractivity contribution in [2.24, 2.45) is 17.8 Å². The first-order valence-corrected chi connectivity index (χ1v) is 12.8. The van der Waals surface area contributed by atoms with Crippen molar-refractivity contribution in [3.63, 3.8) is 0 Å². The summed E-state index contributed by atoms with van der Waals surface area (Å²) in [6, 6.07) is 4.73. The summed E-state index contributed by atoms with van der Waals surface area (Å²) in [4.78, 5) is 24.7. The zero-order chi connectivity index (χ0) is 24.6. The molecule has 0 bridgehead atoms. The molecule has 2 unspecified atom stereocenters. The first-order valence-electron chi connectivity index (χ1n) is 12.4. The number of amides is 1. The number of aliphatic hydroxyl groups is 1. The molecule has 2 aliphatic heterocycles. The number of β-amino-alcohol motifs (C(OH)–C–C–N with tert-alkyl or cyclic N) is 1. The molecule has 1 aromatic heterocycles. The van der Waals surface area contributed by atoms with Gasteiger partial charge in [0.15, 0.2) is 0 Å². The van der Waals surface area contributed by atoms with Crippen LogP contribution in [-0.4, -0.2) is 64.3 Å². The van der Waals surface area contributed by atoms with Gasteiger partial charge in [-0.2, -0.15) is 0 Å². The third-order valence-corrected chi connectivity index (χ3v) is 7.75. The number of carbonyl (C=O) groups is 1. The van der Waals surface area contributed by atoms with Crippen LogP contribution in [0.1, 0.15) is 38.2 Å². The third-order valence-electron chi connectivity index (χ3n) is 7.55. The van der Waals surface area contributed by atoms with E-state index in [1.54, 1.807) is 36.4 Å². The zero-order valence-electron chi connectivity index (χ0n) is 20.0. The summed E-state index contributed by atoms with van der Waals surface area (Å²) < 4.78 is 20.3. The van der Waals surface area contributed by atoms with Crippen molar-refractivity contribution in [2.45, 2.75) is 44.6 Å². The number of benzene rings is 1. The van der Waals surface area contributed by atoms with E-state index in [-0.39, 0.29) is 12.3 Å². The first kappa shape index (κ1) is 24.3. The van der Waals surface area contributed by atoms with Gasteiger partial charge in [0, 0.05) is 19.2 Å². The van der Waals surface area contributed by atoms with Gasteiger partial charge in [-0.15, -0.1) is 0 Å². The maximum atomic E-state index is 14.5. The molecule has 3 heterocycles. The van der Waals surface area contributed by atoms with Gasteiger partial charge in [0.05, 0.1) is 49.1 Å². The van der Waals surface area contributed by atoms with Crippen molar-refractivity contribution in [3.05, 3.63) is 47.0 Å². The molecule has 9 heteroatoms. The van der Waals surface area contributed by atoms with Gasteiger partial charge >= 0.3 is 0 Å². The van der Waals surface area contributed by atoms with E-state index in [1.165, 1.54) is 12.5 Å². The van der Waals surface area contributed by atoms with E-state index in [0.29, 0.717) is 41.9 Å². The van der Waals surface area contributed by atoms with Crippen molar-refractivity contribution in [3.8, 4) is 5.75 Å². The molecule has 5 rings (SSSR count). The van der Waals surface area contributed by atoms with Crippen molar-refractivity contribution in [1.29, 1.82) is 0 Å². The average molecular weight is 503 g/mol. The predicted molar refractivity (Wildman–Crippen MR) is 131 cm³/mol. The molecule has 3 aliphatic rings. The molecule has 1 amide bonds. The monoisotopic (exact) mass is 502 g/mol. The molecule has 1 saturated carbocycles. The second kappa shape index (κ2) is 9.90. The van der Waals surface area contributed by atoms with Crippen molar-refractivity contribution in [1.82, 2.24) is 14.9 Å². The van der Waals surface area contributed by atoms with E-state index < -0.39 is 11.4 Å². The van der Waals surface area contributed by atoms with Crippen molar-refractivity contribution in [2.75, 3.05) is 37.7 Å². The minimum absolute atomic E-state index is 0.00505. The van der Waals surface area contributed by atoms with Crippen LogP contribution < -0.4 is 9.64 Å². The van der Waals surface area contributed by atoms with E-state index in [0.717, 1.165) is 50.1 Å². The molecule has 35 heavy (non-hydrogen) atoms. The average Bonchev–Trinajstić information content (AvgIpc) is 3.59. The Morgan fingerprint density at radius 2 is 1.97 bits per heavy atom. The van der Waals surface area contributed by atoms with E-state index >= 15 is 0 Å². The Labute approximate surface area is 210 Å². The summed E-state index contributed by atoms with van der Waals surface area (Å²) in [5.41, 5.74) is -0.470. The second-order valence-electron chi connectivity index (χ2n) is 10.5. The summed E-state index contributed by atoms with van der Waals surface area (Å²) in [7, 11) is 0. The van der Waals surface area contributed by atoms with Gasteiger partial charge in [0.2, 0.25) is 11.9 Å². The Morgan fingerprint density at radius 3 is 2.63 bits per heavy atom. The number of carbonyl (C=O) groups excluding carboxylic acids is 1. The van der Waals surface area contributed by atoms with Gasteiger partial charge < -0.3 is 19.6 Å². The van der Waals surface area contributed by atoms with Gasteiger partial charge in [-0.05, 0) is 62.0 Å². The Balaban J connectivity index is 1.02. The summed E-state index contributed by atoms with van der Waals surface area (Å²) in [6.45, 7) is 4.79. The predicted octanol–water partition coefficient (Wildman–Crippen LogP) is 3.73. The molecule has 2 atom stereocenters. The fourth-order valence-corrected chi connectivity index (χ4v) is 5.59. The Morgan fingerprint density at radius 1 is 1.26 bits per heavy atom. The lowest BCUT2D eigenvalue weighted by Crippen LogP contribution is -2.62. The molecule has 188 valence electrons. The molecular formula is C26H32ClFN4O3. The van der Waals surface area contributed by atoms with E-state index in [2.05, 4.69) is 14.9 Å². The van der Waals surface area contributed by atoms with Crippen LogP contribution in [0.2, 0.25) is 5.02 Å². The van der Waals surface area contributed by atoms with Crippen LogP contribution in [0.15, 0.2) is 30.6 Å². The molecule has 1 aliphatic carbocycles. The van der Waals surface area contributed by atoms with Crippen molar-refractivity contribution >= 4 is 23.5 Å². The number of halogens is 2. The number of aromatic nitrogens is 2. The van der Waals surface area contributed by atoms with Crippen LogP contribution in [0.3, 0.4) is 0 Å². The number of likely N-dealkylation sites (tertiary alicyclic amines) is 1. The summed E-state index contributed by atoms with van der Waals surface area (Å²) in [5, 5.41) is 10.3. The maximum Gasteiger partial charge on any atom is 0.227 e. The normalized spacial score (nSPS) is 23.7. The number of nitrogens with zero attached hydrogens (tertiary/aromatic N) is 4. The number of piperidine rings is 1. The van der Waals surface area contributed by atoms with Crippen LogP contribution in [0, 0.1) is 23.6 Å². The fourth-order valence-electron chi connectivity index (χ4n) is 5.49. The highest BCUT2D eigenvalue weighted by atomic mass is 35.5. The van der Waals surface area contributed by atoms with E-state index in [9.17, 15) is 14.3 Å². The second-order valence-corrected chi connectivity index (χ2v) is 10.9. The lowest BCUT2D eigenvalue weighted by atomic mass is 9.90. The number of rotatable bonds is 8. The van der Waals surface area contributed by atoms with Crippen LogP contribution in [-0.2, 0) is 11.2 Å². The minimum atomic E-state index is -0.823.